The molecule has 2 aromatic carbocycles. The van der Waals surface area contributed by atoms with Crippen LogP contribution in [0.4, 0.5) is 5.69 Å². The van der Waals surface area contributed by atoms with Gasteiger partial charge in [0.25, 0.3) is 5.91 Å². The van der Waals surface area contributed by atoms with Gasteiger partial charge < -0.3 is 10.1 Å². The van der Waals surface area contributed by atoms with E-state index in [9.17, 15) is 19.7 Å². The van der Waals surface area contributed by atoms with E-state index in [4.69, 9.17) is 16.3 Å². The summed E-state index contributed by atoms with van der Waals surface area (Å²) in [5.41, 5.74) is 0.329. The van der Waals surface area contributed by atoms with E-state index in [0.717, 1.165) is 6.07 Å². The second-order valence-corrected chi connectivity index (χ2v) is 5.51. The molecule has 0 bridgehead atoms. The van der Waals surface area contributed by atoms with Gasteiger partial charge in [0, 0.05) is 23.2 Å². The highest BCUT2D eigenvalue weighted by atomic mass is 35.5. The van der Waals surface area contributed by atoms with E-state index in [1.54, 1.807) is 31.2 Å². The Balaban J connectivity index is 2.17. The lowest BCUT2D eigenvalue weighted by atomic mass is 10.1. The highest BCUT2D eigenvalue weighted by molar-refractivity contribution is 6.30. The second kappa shape index (κ2) is 8.25. The number of halogens is 1. The van der Waals surface area contributed by atoms with Gasteiger partial charge in [0.05, 0.1) is 11.3 Å². The Morgan fingerprint density at radius 2 is 1.88 bits per heavy atom. The first-order valence-corrected chi connectivity index (χ1v) is 7.80. The number of nitro benzene ring substituents is 1. The fourth-order valence-electron chi connectivity index (χ4n) is 2.08. The lowest BCUT2D eigenvalue weighted by Crippen LogP contribution is -2.22. The largest absolute Gasteiger partial charge is 0.419 e. The molecule has 0 atom stereocenters. The highest BCUT2D eigenvalue weighted by Crippen LogP contribution is 2.28. The third-order valence-electron chi connectivity index (χ3n) is 3.24. The zero-order valence-corrected chi connectivity index (χ0v) is 14.1. The van der Waals surface area contributed by atoms with Gasteiger partial charge in [0.2, 0.25) is 5.75 Å². The Morgan fingerprint density at radius 3 is 2.48 bits per heavy atom. The number of esters is 1. The molecule has 0 aliphatic heterocycles. The summed E-state index contributed by atoms with van der Waals surface area (Å²) in [4.78, 5) is 34.3. The molecule has 0 spiro atoms. The van der Waals surface area contributed by atoms with Crippen molar-refractivity contribution in [1.82, 2.24) is 5.32 Å². The summed E-state index contributed by atoms with van der Waals surface area (Å²) in [6, 6.07) is 10.3. The van der Waals surface area contributed by atoms with Gasteiger partial charge in [0.15, 0.2) is 0 Å². The van der Waals surface area contributed by atoms with Crippen molar-refractivity contribution < 1.29 is 19.2 Å². The maximum Gasteiger partial charge on any atom is 0.315 e. The molecule has 1 amide bonds. The van der Waals surface area contributed by atoms with Crippen molar-refractivity contribution in [3.63, 3.8) is 0 Å². The van der Waals surface area contributed by atoms with E-state index in [0.29, 0.717) is 17.1 Å². The molecule has 8 heteroatoms. The third kappa shape index (κ3) is 5.02. The molecule has 0 saturated heterocycles. The molecule has 7 nitrogen and oxygen atoms in total. The van der Waals surface area contributed by atoms with E-state index in [-0.39, 0.29) is 17.7 Å². The molecule has 0 aromatic heterocycles. The number of hydrogen-bond acceptors (Lipinski definition) is 5. The Hall–Kier alpha value is -2.93. The average Bonchev–Trinajstić information content (AvgIpc) is 2.57. The molecule has 1 N–H and O–H groups in total. The average molecular weight is 363 g/mol. The second-order valence-electron chi connectivity index (χ2n) is 5.08. The first kappa shape index (κ1) is 18.4. The zero-order chi connectivity index (χ0) is 18.4. The number of nitrogens with zero attached hydrogens (tertiary/aromatic N) is 1. The van der Waals surface area contributed by atoms with Gasteiger partial charge in [-0.15, -0.1) is 0 Å². The van der Waals surface area contributed by atoms with Crippen molar-refractivity contribution in [3.8, 4) is 5.75 Å². The van der Waals surface area contributed by atoms with E-state index >= 15 is 0 Å². The Labute approximate surface area is 148 Å². The van der Waals surface area contributed by atoms with E-state index in [2.05, 4.69) is 5.32 Å². The van der Waals surface area contributed by atoms with Crippen LogP contribution >= 0.6 is 11.6 Å². The molecule has 0 heterocycles. The van der Waals surface area contributed by atoms with Crippen molar-refractivity contribution in [2.75, 3.05) is 6.54 Å². The molecule has 0 saturated carbocycles. The topological polar surface area (TPSA) is 98.5 Å². The maximum atomic E-state index is 12.0. The Kier molecular flexibility index (Phi) is 6.08. The summed E-state index contributed by atoms with van der Waals surface area (Å²) in [6.07, 6.45) is -0.0631. The number of benzene rings is 2. The minimum absolute atomic E-state index is 0.0631. The van der Waals surface area contributed by atoms with E-state index in [1.165, 1.54) is 12.1 Å². The maximum absolute atomic E-state index is 12.0. The normalized spacial score (nSPS) is 10.2. The molecule has 2 rings (SSSR count). The van der Waals surface area contributed by atoms with Crippen LogP contribution in [0.1, 0.15) is 22.8 Å². The number of nitrogens with one attached hydrogen (secondary N) is 1. The standard InChI is InChI=1S/C17H15ClN2O5/c1-2-19-17(22)12-5-8-15(14(10-12)20(23)24)25-16(21)9-11-3-6-13(18)7-4-11/h3-8,10H,2,9H2,1H3,(H,19,22). The third-order valence-corrected chi connectivity index (χ3v) is 3.49. The van der Waals surface area contributed by atoms with Crippen LogP contribution in [0.3, 0.4) is 0 Å². The molecule has 0 fully saturated rings. The van der Waals surface area contributed by atoms with Gasteiger partial charge in [-0.25, -0.2) is 0 Å². The quantitative estimate of drug-likeness (QED) is 0.368. The van der Waals surface area contributed by atoms with Crippen LogP contribution in [0, 0.1) is 10.1 Å². The first-order chi connectivity index (χ1) is 11.9. The Morgan fingerprint density at radius 1 is 1.20 bits per heavy atom. The van der Waals surface area contributed by atoms with Gasteiger partial charge in [0.1, 0.15) is 0 Å². The minimum Gasteiger partial charge on any atom is -0.419 e. The molecule has 0 unspecified atom stereocenters. The molecule has 130 valence electrons. The number of ether oxygens (including phenoxy) is 1. The zero-order valence-electron chi connectivity index (χ0n) is 13.3. The van der Waals surface area contributed by atoms with Crippen LogP contribution in [0.2, 0.25) is 5.02 Å². The lowest BCUT2D eigenvalue weighted by molar-refractivity contribution is -0.385. The van der Waals surface area contributed by atoms with Crippen LogP contribution < -0.4 is 10.1 Å². The van der Waals surface area contributed by atoms with E-state index in [1.807, 2.05) is 0 Å². The van der Waals surface area contributed by atoms with Gasteiger partial charge in [-0.05, 0) is 36.8 Å². The summed E-state index contributed by atoms with van der Waals surface area (Å²) in [7, 11) is 0. The van der Waals surface area contributed by atoms with Gasteiger partial charge in [-0.1, -0.05) is 23.7 Å². The molecule has 25 heavy (non-hydrogen) atoms. The monoisotopic (exact) mass is 362 g/mol. The SMILES string of the molecule is CCNC(=O)c1ccc(OC(=O)Cc2ccc(Cl)cc2)c([N+](=O)[O-])c1. The van der Waals surface area contributed by atoms with Crippen molar-refractivity contribution in [2.24, 2.45) is 0 Å². The summed E-state index contributed by atoms with van der Waals surface area (Å²) in [6.45, 7) is 2.13. The summed E-state index contributed by atoms with van der Waals surface area (Å²) >= 11 is 5.77. The summed E-state index contributed by atoms with van der Waals surface area (Å²) in [5.74, 6) is -1.31. The van der Waals surface area contributed by atoms with Crippen molar-refractivity contribution in [3.05, 3.63) is 68.7 Å². The highest BCUT2D eigenvalue weighted by Gasteiger charge is 2.21. The minimum atomic E-state index is -0.701. The van der Waals surface area contributed by atoms with Gasteiger partial charge in [-0.3, -0.25) is 19.7 Å². The number of hydrogen-bond donors (Lipinski definition) is 1. The van der Waals surface area contributed by atoms with Crippen LogP contribution in [-0.2, 0) is 11.2 Å². The molecular formula is C17H15ClN2O5. The number of carbonyl (C=O) groups excluding carboxylic acids is 2. The van der Waals surface area contributed by atoms with Crippen molar-refractivity contribution >= 4 is 29.2 Å². The van der Waals surface area contributed by atoms with Crippen LogP contribution in [0.5, 0.6) is 5.75 Å². The molecular weight excluding hydrogens is 348 g/mol. The Bertz CT molecular complexity index is 805. The predicted octanol–water partition coefficient (Wildman–Crippen LogP) is 3.15. The fraction of sp³-hybridized carbons (Fsp3) is 0.176. The van der Waals surface area contributed by atoms with Crippen molar-refractivity contribution in [2.45, 2.75) is 13.3 Å². The smallest absolute Gasteiger partial charge is 0.315 e. The number of rotatable bonds is 6. The number of amides is 1. The van der Waals surface area contributed by atoms with E-state index < -0.39 is 22.5 Å². The predicted molar refractivity (Wildman–Crippen MR) is 91.9 cm³/mol. The van der Waals surface area contributed by atoms with Crippen LogP contribution in [-0.4, -0.2) is 23.3 Å². The fourth-order valence-corrected chi connectivity index (χ4v) is 2.20. The summed E-state index contributed by atoms with van der Waals surface area (Å²) in [5, 5.41) is 14.3. The first-order valence-electron chi connectivity index (χ1n) is 7.42. The lowest BCUT2D eigenvalue weighted by Gasteiger charge is -2.07. The molecule has 2 aromatic rings. The molecule has 0 aliphatic carbocycles. The van der Waals surface area contributed by atoms with Crippen LogP contribution in [0.15, 0.2) is 42.5 Å². The molecule has 0 aliphatic rings. The van der Waals surface area contributed by atoms with Crippen molar-refractivity contribution in [1.29, 1.82) is 0 Å². The summed E-state index contributed by atoms with van der Waals surface area (Å²) < 4.78 is 5.09. The van der Waals surface area contributed by atoms with Crippen LogP contribution in [0.25, 0.3) is 0 Å². The molecule has 0 radical (unpaired) electrons. The van der Waals surface area contributed by atoms with Gasteiger partial charge >= 0.3 is 11.7 Å². The number of nitro groups is 1. The van der Waals surface area contributed by atoms with Gasteiger partial charge in [-0.2, -0.15) is 0 Å². The number of carbonyl (C=O) groups is 2.